The zero-order valence-electron chi connectivity index (χ0n) is 18.3. The summed E-state index contributed by atoms with van der Waals surface area (Å²) in [5, 5.41) is 3.54. The lowest BCUT2D eigenvalue weighted by molar-refractivity contribution is 0.679. The molecule has 3 aromatic rings. The molecule has 162 valence electrons. The first-order valence-corrected chi connectivity index (χ1v) is 11.9. The van der Waals surface area contributed by atoms with Gasteiger partial charge in [-0.05, 0) is 49.4 Å². The van der Waals surface area contributed by atoms with Crippen molar-refractivity contribution in [2.45, 2.75) is 56.9 Å². The average Bonchev–Trinajstić information content (AvgIpc) is 3.66. The van der Waals surface area contributed by atoms with E-state index in [2.05, 4.69) is 56.7 Å². The maximum atomic E-state index is 4.75. The van der Waals surface area contributed by atoms with Crippen molar-refractivity contribution in [3.05, 3.63) is 66.5 Å². The average molecular weight is 424 g/mol. The Morgan fingerprint density at radius 2 is 1.59 bits per heavy atom. The van der Waals surface area contributed by atoms with Crippen LogP contribution in [-0.2, 0) is 0 Å². The Morgan fingerprint density at radius 1 is 0.781 bits per heavy atom. The Kier molecular flexibility index (Phi) is 5.19. The van der Waals surface area contributed by atoms with Crippen LogP contribution in [0.3, 0.4) is 0 Å². The minimum Gasteiger partial charge on any atom is -0.342 e. The smallest absolute Gasteiger partial charge is 0.109 e. The van der Waals surface area contributed by atoms with Gasteiger partial charge in [-0.15, -0.1) is 0 Å². The highest BCUT2D eigenvalue weighted by molar-refractivity contribution is 6.01. The SMILES string of the molecule is C1=C(c2ccc(-c3ccc(-c4cnc(C5CCCC5)[nH]4)cc3)cn2)CC([C@@H]2CCCN2)=N1. The molecule has 6 rings (SSSR count). The van der Waals surface area contributed by atoms with Gasteiger partial charge in [-0.25, -0.2) is 4.98 Å². The van der Waals surface area contributed by atoms with Gasteiger partial charge in [0.1, 0.15) is 5.82 Å². The molecule has 0 radical (unpaired) electrons. The number of pyridine rings is 1. The first-order valence-electron chi connectivity index (χ1n) is 11.9. The zero-order valence-corrected chi connectivity index (χ0v) is 18.3. The minimum atomic E-state index is 0.450. The summed E-state index contributed by atoms with van der Waals surface area (Å²) in [6, 6.07) is 13.4. The molecule has 1 atom stereocenters. The number of hydrogen-bond donors (Lipinski definition) is 2. The fraction of sp³-hybridized carbons (Fsp3) is 0.370. The summed E-state index contributed by atoms with van der Waals surface area (Å²) >= 11 is 0. The maximum absolute atomic E-state index is 4.75. The largest absolute Gasteiger partial charge is 0.342 e. The normalized spacial score (nSPS) is 21.2. The van der Waals surface area contributed by atoms with E-state index in [4.69, 9.17) is 4.98 Å². The van der Waals surface area contributed by atoms with E-state index in [-0.39, 0.29) is 0 Å². The summed E-state index contributed by atoms with van der Waals surface area (Å²) in [5.41, 5.74) is 8.09. The van der Waals surface area contributed by atoms with Crippen LogP contribution in [0.4, 0.5) is 0 Å². The fourth-order valence-corrected chi connectivity index (χ4v) is 5.27. The number of nitrogens with one attached hydrogen (secondary N) is 2. The molecule has 2 fully saturated rings. The van der Waals surface area contributed by atoms with Crippen LogP contribution in [0.25, 0.3) is 28.0 Å². The first-order chi connectivity index (χ1) is 15.8. The van der Waals surface area contributed by atoms with Gasteiger partial charge in [-0.2, -0.15) is 0 Å². The Labute approximate surface area is 189 Å². The summed E-state index contributed by atoms with van der Waals surface area (Å²) in [5.74, 6) is 1.76. The van der Waals surface area contributed by atoms with Crippen molar-refractivity contribution in [2.75, 3.05) is 6.54 Å². The number of rotatable bonds is 5. The van der Waals surface area contributed by atoms with Crippen molar-refractivity contribution in [3.8, 4) is 22.4 Å². The molecular formula is C27H29N5. The molecule has 0 unspecified atom stereocenters. The number of H-pyrrole nitrogens is 1. The number of nitrogens with zero attached hydrogens (tertiary/aromatic N) is 3. The second-order valence-electron chi connectivity index (χ2n) is 9.27. The molecule has 2 aromatic heterocycles. The molecule has 0 spiro atoms. The van der Waals surface area contributed by atoms with E-state index in [0.29, 0.717) is 12.0 Å². The fourth-order valence-electron chi connectivity index (χ4n) is 5.27. The molecular weight excluding hydrogens is 394 g/mol. The predicted octanol–water partition coefficient (Wildman–Crippen LogP) is 5.73. The number of aliphatic imine (C=N–C) groups is 1. The van der Waals surface area contributed by atoms with Gasteiger partial charge in [0.25, 0.3) is 0 Å². The first kappa shape index (κ1) is 19.6. The van der Waals surface area contributed by atoms with Crippen LogP contribution < -0.4 is 5.32 Å². The van der Waals surface area contributed by atoms with Crippen molar-refractivity contribution in [1.29, 1.82) is 0 Å². The molecule has 2 aliphatic heterocycles. The predicted molar refractivity (Wildman–Crippen MR) is 130 cm³/mol. The monoisotopic (exact) mass is 423 g/mol. The van der Waals surface area contributed by atoms with Gasteiger partial charge in [0.15, 0.2) is 0 Å². The Morgan fingerprint density at radius 3 is 2.34 bits per heavy atom. The molecule has 5 nitrogen and oxygen atoms in total. The number of aromatic amines is 1. The molecule has 32 heavy (non-hydrogen) atoms. The maximum Gasteiger partial charge on any atom is 0.109 e. The van der Waals surface area contributed by atoms with Crippen LogP contribution in [0.2, 0.25) is 0 Å². The Hall–Kier alpha value is -3.05. The summed E-state index contributed by atoms with van der Waals surface area (Å²) < 4.78 is 0. The van der Waals surface area contributed by atoms with Crippen molar-refractivity contribution in [2.24, 2.45) is 4.99 Å². The van der Waals surface area contributed by atoms with Crippen LogP contribution in [0, 0.1) is 0 Å². The topological polar surface area (TPSA) is 66.0 Å². The van der Waals surface area contributed by atoms with Gasteiger partial charge < -0.3 is 10.3 Å². The number of imidazole rings is 1. The van der Waals surface area contributed by atoms with Crippen molar-refractivity contribution < 1.29 is 0 Å². The molecule has 4 heterocycles. The van der Waals surface area contributed by atoms with Gasteiger partial charge in [0.2, 0.25) is 0 Å². The molecule has 1 saturated carbocycles. The summed E-state index contributed by atoms with van der Waals surface area (Å²) in [7, 11) is 0. The lowest BCUT2D eigenvalue weighted by Gasteiger charge is -2.11. The van der Waals surface area contributed by atoms with Crippen molar-refractivity contribution in [3.63, 3.8) is 0 Å². The van der Waals surface area contributed by atoms with E-state index < -0.39 is 0 Å². The highest BCUT2D eigenvalue weighted by Crippen LogP contribution is 2.34. The minimum absolute atomic E-state index is 0.450. The molecule has 5 heteroatoms. The van der Waals surface area contributed by atoms with Crippen LogP contribution in [-0.4, -0.2) is 33.3 Å². The highest BCUT2D eigenvalue weighted by Gasteiger charge is 2.24. The van der Waals surface area contributed by atoms with Gasteiger partial charge >= 0.3 is 0 Å². The lowest BCUT2D eigenvalue weighted by atomic mass is 10.0. The standard InChI is InChI=1S/C27H29N5/c1-2-5-20(4-1)27-31-17-26(32-27)19-9-7-18(8-10-19)21-11-12-23(29-15-21)22-14-25(30-16-22)24-6-3-13-28-24/h7-12,15-17,20,24,28H,1-6,13-14H2,(H,31,32)/t24-/m0/s1. The van der Waals surface area contributed by atoms with E-state index in [1.807, 2.05) is 18.6 Å². The summed E-state index contributed by atoms with van der Waals surface area (Å²) in [6.07, 6.45) is 14.5. The van der Waals surface area contributed by atoms with Crippen molar-refractivity contribution >= 4 is 11.3 Å². The van der Waals surface area contributed by atoms with Crippen molar-refractivity contribution in [1.82, 2.24) is 20.3 Å². The summed E-state index contributed by atoms with van der Waals surface area (Å²) in [4.78, 5) is 17.6. The third-order valence-electron chi connectivity index (χ3n) is 7.18. The molecule has 1 aromatic carbocycles. The van der Waals surface area contributed by atoms with Crippen LogP contribution in [0.5, 0.6) is 0 Å². The van der Waals surface area contributed by atoms with Crippen LogP contribution in [0.15, 0.2) is 60.0 Å². The van der Waals surface area contributed by atoms with E-state index >= 15 is 0 Å². The zero-order chi connectivity index (χ0) is 21.3. The van der Waals surface area contributed by atoms with Gasteiger partial charge in [0.05, 0.1) is 17.6 Å². The Balaban J connectivity index is 1.13. The second kappa shape index (κ2) is 8.47. The molecule has 2 N–H and O–H groups in total. The third-order valence-corrected chi connectivity index (χ3v) is 7.18. The molecule has 0 bridgehead atoms. The summed E-state index contributed by atoms with van der Waals surface area (Å²) in [6.45, 7) is 1.10. The quantitative estimate of drug-likeness (QED) is 0.550. The van der Waals surface area contributed by atoms with Crippen LogP contribution >= 0.6 is 0 Å². The van der Waals surface area contributed by atoms with E-state index in [9.17, 15) is 0 Å². The van der Waals surface area contributed by atoms with E-state index in [1.54, 1.807) is 0 Å². The molecule has 1 saturated heterocycles. The van der Waals surface area contributed by atoms with Gasteiger partial charge in [0, 0.05) is 47.6 Å². The third kappa shape index (κ3) is 3.82. The molecule has 1 aliphatic carbocycles. The number of benzene rings is 1. The van der Waals surface area contributed by atoms with E-state index in [0.717, 1.165) is 35.7 Å². The van der Waals surface area contributed by atoms with Crippen LogP contribution in [0.1, 0.15) is 62.4 Å². The number of hydrogen-bond acceptors (Lipinski definition) is 4. The molecule has 3 aliphatic rings. The van der Waals surface area contributed by atoms with Gasteiger partial charge in [-0.3, -0.25) is 9.98 Å². The van der Waals surface area contributed by atoms with Gasteiger partial charge in [-0.1, -0.05) is 43.2 Å². The number of allylic oxidation sites excluding steroid dienone is 1. The molecule has 0 amide bonds. The highest BCUT2D eigenvalue weighted by atomic mass is 15.0. The number of aromatic nitrogens is 3. The second-order valence-corrected chi connectivity index (χ2v) is 9.27. The Bertz CT molecular complexity index is 1140. The van der Waals surface area contributed by atoms with E-state index in [1.165, 1.54) is 60.9 Å². The lowest BCUT2D eigenvalue weighted by Crippen LogP contribution is -2.29.